The van der Waals surface area contributed by atoms with E-state index in [-0.39, 0.29) is 0 Å². The quantitative estimate of drug-likeness (QED) is 0.156. The predicted octanol–water partition coefficient (Wildman–Crippen LogP) is 18.2. The Balaban J connectivity index is 0.956. The zero-order valence-corrected chi connectivity index (χ0v) is 39.5. The molecule has 0 aliphatic rings. The van der Waals surface area contributed by atoms with Gasteiger partial charge in [0.15, 0.2) is 5.82 Å². The fourth-order valence-electron chi connectivity index (χ4n) is 11.6. The van der Waals surface area contributed by atoms with Crippen molar-refractivity contribution < 1.29 is 0 Å². The van der Waals surface area contributed by atoms with Gasteiger partial charge in [0, 0.05) is 60.4 Å². The molecule has 338 valence electrons. The van der Waals surface area contributed by atoms with Gasteiger partial charge >= 0.3 is 0 Å². The standard InChI is InChI=1S/C69H42N4/c1-3-18-44(19-4-1)66-59-39-38-57-56-30-15-16-33-64(56)73(48-22-5-2-6-23-48)68(57)65(59)58-32-17-31-51(67(58)72-66)43-34-36-45(37-35-43)69-70-62(60-40-46-20-7-9-24-49(46)52-26-11-13-28-54(52)60)42-63(71-69)61-41-47-21-8-10-25-50(47)53-27-12-14-29-55(53)61/h1-42H. The molecule has 0 radical (unpaired) electrons. The normalized spacial score (nSPS) is 11.8. The van der Waals surface area contributed by atoms with Crippen LogP contribution >= 0.6 is 0 Å². The van der Waals surface area contributed by atoms with Crippen LogP contribution in [0.3, 0.4) is 0 Å². The van der Waals surface area contributed by atoms with Crippen molar-refractivity contribution in [2.24, 2.45) is 0 Å². The van der Waals surface area contributed by atoms with Crippen LogP contribution in [0.1, 0.15) is 0 Å². The SMILES string of the molecule is c1ccc(-c2nc3c(-c4ccc(-c5nc(-c6cc7ccccc7c7ccccc67)cc(-c6cc7ccccc7c7ccccc67)n5)cc4)cccc3c3c2ccc2c4ccccc4n(-c4ccccc4)c23)cc1. The Kier molecular flexibility index (Phi) is 9.23. The van der Waals surface area contributed by atoms with E-state index in [1.54, 1.807) is 0 Å². The van der Waals surface area contributed by atoms with E-state index < -0.39 is 0 Å². The van der Waals surface area contributed by atoms with Gasteiger partial charge in [-0.3, -0.25) is 0 Å². The van der Waals surface area contributed by atoms with Crippen molar-refractivity contribution in [2.45, 2.75) is 0 Å². The molecule has 3 heterocycles. The van der Waals surface area contributed by atoms with Gasteiger partial charge in [0.2, 0.25) is 0 Å². The van der Waals surface area contributed by atoms with E-state index in [2.05, 4.69) is 259 Å². The lowest BCUT2D eigenvalue weighted by Gasteiger charge is -2.16. The molecule has 0 saturated carbocycles. The highest BCUT2D eigenvalue weighted by molar-refractivity contribution is 6.28. The van der Waals surface area contributed by atoms with Crippen molar-refractivity contribution in [1.29, 1.82) is 0 Å². The summed E-state index contributed by atoms with van der Waals surface area (Å²) in [6, 6.07) is 91.5. The highest BCUT2D eigenvalue weighted by Gasteiger charge is 2.22. The van der Waals surface area contributed by atoms with E-state index in [0.717, 1.165) is 83.2 Å². The Morgan fingerprint density at radius 2 is 0.795 bits per heavy atom. The van der Waals surface area contributed by atoms with E-state index in [4.69, 9.17) is 15.0 Å². The largest absolute Gasteiger partial charge is 0.309 e. The Bertz CT molecular complexity index is 4570. The lowest BCUT2D eigenvalue weighted by molar-refractivity contribution is 1.19. The third-order valence-corrected chi connectivity index (χ3v) is 15.0. The molecule has 0 spiro atoms. The topological polar surface area (TPSA) is 43.6 Å². The number of rotatable bonds is 6. The summed E-state index contributed by atoms with van der Waals surface area (Å²) < 4.78 is 2.44. The molecule has 73 heavy (non-hydrogen) atoms. The van der Waals surface area contributed by atoms with Gasteiger partial charge in [-0.2, -0.15) is 0 Å². The molecule has 0 fully saturated rings. The number of pyridine rings is 1. The van der Waals surface area contributed by atoms with Crippen LogP contribution in [0, 0.1) is 0 Å². The van der Waals surface area contributed by atoms with Crippen molar-refractivity contribution in [3.05, 3.63) is 255 Å². The van der Waals surface area contributed by atoms with E-state index in [1.165, 1.54) is 59.5 Å². The van der Waals surface area contributed by atoms with Gasteiger partial charge in [0.1, 0.15) is 0 Å². The summed E-state index contributed by atoms with van der Waals surface area (Å²) in [4.78, 5) is 16.6. The second kappa shape index (κ2) is 16.4. The number of nitrogens with zero attached hydrogens (tertiary/aromatic N) is 4. The maximum Gasteiger partial charge on any atom is 0.160 e. The maximum atomic E-state index is 5.64. The first-order chi connectivity index (χ1) is 36.2. The zero-order valence-electron chi connectivity index (χ0n) is 39.5. The van der Waals surface area contributed by atoms with Crippen molar-refractivity contribution >= 4 is 86.6 Å². The molecular weight excluding hydrogens is 885 g/mol. The minimum absolute atomic E-state index is 0.665. The van der Waals surface area contributed by atoms with Gasteiger partial charge in [0.25, 0.3) is 0 Å². The van der Waals surface area contributed by atoms with E-state index in [1.807, 2.05) is 0 Å². The predicted molar refractivity (Wildman–Crippen MR) is 306 cm³/mol. The summed E-state index contributed by atoms with van der Waals surface area (Å²) in [5, 5.41) is 15.3. The van der Waals surface area contributed by atoms with Crippen molar-refractivity contribution in [1.82, 2.24) is 19.5 Å². The molecule has 15 aromatic rings. The molecule has 0 N–H and O–H groups in total. The van der Waals surface area contributed by atoms with Crippen molar-refractivity contribution in [3.8, 4) is 62.0 Å². The van der Waals surface area contributed by atoms with Gasteiger partial charge in [-0.1, -0.05) is 218 Å². The summed E-state index contributed by atoms with van der Waals surface area (Å²) >= 11 is 0. The van der Waals surface area contributed by atoms with Gasteiger partial charge in [-0.25, -0.2) is 15.0 Å². The Hall–Kier alpha value is -9.77. The summed E-state index contributed by atoms with van der Waals surface area (Å²) in [6.07, 6.45) is 0. The second-order valence-electron chi connectivity index (χ2n) is 19.0. The first-order valence-electron chi connectivity index (χ1n) is 24.9. The van der Waals surface area contributed by atoms with Gasteiger partial charge in [0.05, 0.1) is 33.6 Å². The van der Waals surface area contributed by atoms with Crippen LogP contribution in [0.5, 0.6) is 0 Å². The first-order valence-corrected chi connectivity index (χ1v) is 24.9. The number of hydrogen-bond donors (Lipinski definition) is 0. The van der Waals surface area contributed by atoms with E-state index in [0.29, 0.717) is 5.82 Å². The van der Waals surface area contributed by atoms with Crippen LogP contribution in [0.4, 0.5) is 0 Å². The van der Waals surface area contributed by atoms with Crippen molar-refractivity contribution in [3.63, 3.8) is 0 Å². The lowest BCUT2D eigenvalue weighted by atomic mass is 9.93. The fourth-order valence-corrected chi connectivity index (χ4v) is 11.6. The number of benzene rings is 12. The van der Waals surface area contributed by atoms with Crippen LogP contribution < -0.4 is 0 Å². The number of fused-ring (bicyclic) bond motifs is 13. The molecular formula is C69H42N4. The zero-order chi connectivity index (χ0) is 48.0. The summed E-state index contributed by atoms with van der Waals surface area (Å²) in [5.74, 6) is 0.665. The van der Waals surface area contributed by atoms with Crippen LogP contribution in [-0.4, -0.2) is 19.5 Å². The highest BCUT2D eigenvalue weighted by atomic mass is 15.0. The van der Waals surface area contributed by atoms with Crippen LogP contribution in [0.15, 0.2) is 255 Å². The fraction of sp³-hybridized carbons (Fsp3) is 0. The average Bonchev–Trinajstić information content (AvgIpc) is 3.84. The third kappa shape index (κ3) is 6.51. The monoisotopic (exact) mass is 926 g/mol. The molecule has 0 saturated heterocycles. The van der Waals surface area contributed by atoms with E-state index in [9.17, 15) is 0 Å². The molecule has 12 aromatic carbocycles. The summed E-state index contributed by atoms with van der Waals surface area (Å²) in [5.41, 5.74) is 13.4. The number of aromatic nitrogens is 4. The summed E-state index contributed by atoms with van der Waals surface area (Å²) in [7, 11) is 0. The highest BCUT2D eigenvalue weighted by Crippen LogP contribution is 2.45. The molecule has 4 heteroatoms. The van der Waals surface area contributed by atoms with Crippen molar-refractivity contribution in [2.75, 3.05) is 0 Å². The van der Waals surface area contributed by atoms with Gasteiger partial charge < -0.3 is 4.57 Å². The second-order valence-corrected chi connectivity index (χ2v) is 19.0. The van der Waals surface area contributed by atoms with Gasteiger partial charge in [-0.15, -0.1) is 0 Å². The molecule has 0 unspecified atom stereocenters. The molecule has 0 atom stereocenters. The Morgan fingerprint density at radius 1 is 0.288 bits per heavy atom. The maximum absolute atomic E-state index is 5.64. The smallest absolute Gasteiger partial charge is 0.160 e. The molecule has 15 rings (SSSR count). The first kappa shape index (κ1) is 41.1. The number of hydrogen-bond acceptors (Lipinski definition) is 3. The van der Waals surface area contributed by atoms with E-state index >= 15 is 0 Å². The molecule has 3 aromatic heterocycles. The lowest BCUT2D eigenvalue weighted by Crippen LogP contribution is -1.98. The minimum Gasteiger partial charge on any atom is -0.309 e. The third-order valence-electron chi connectivity index (χ3n) is 15.0. The molecule has 0 aliphatic carbocycles. The Labute approximate surface area is 420 Å². The van der Waals surface area contributed by atoms with Crippen LogP contribution in [0.25, 0.3) is 149 Å². The molecule has 0 aliphatic heterocycles. The molecule has 0 amide bonds. The minimum atomic E-state index is 0.665. The molecule has 0 bridgehead atoms. The summed E-state index contributed by atoms with van der Waals surface area (Å²) in [6.45, 7) is 0. The van der Waals surface area contributed by atoms with Crippen LogP contribution in [0.2, 0.25) is 0 Å². The number of para-hydroxylation sites is 3. The van der Waals surface area contributed by atoms with Crippen LogP contribution in [-0.2, 0) is 0 Å². The van der Waals surface area contributed by atoms with Gasteiger partial charge in [-0.05, 0) is 85.1 Å². The molecule has 4 nitrogen and oxygen atoms in total. The Morgan fingerprint density at radius 3 is 1.44 bits per heavy atom. The average molecular weight is 927 g/mol.